The molecule has 0 bridgehead atoms. The van der Waals surface area contributed by atoms with Gasteiger partial charge in [-0.25, -0.2) is 8.42 Å². The Morgan fingerprint density at radius 2 is 1.85 bits per heavy atom. The maximum Gasteiger partial charge on any atom is 0.287 e. The Morgan fingerprint density at radius 3 is 2.35 bits per heavy atom. The summed E-state index contributed by atoms with van der Waals surface area (Å²) in [5.74, 6) is -0.0701. The molecule has 1 N–H and O–H groups in total. The van der Waals surface area contributed by atoms with Gasteiger partial charge in [0.25, 0.3) is 5.91 Å². The highest BCUT2D eigenvalue weighted by Gasteiger charge is 2.14. The largest absolute Gasteiger partial charge is 0.459 e. The summed E-state index contributed by atoms with van der Waals surface area (Å²) >= 11 is 0. The molecule has 0 aliphatic heterocycles. The van der Waals surface area contributed by atoms with Crippen molar-refractivity contribution < 1.29 is 17.6 Å². The first-order valence-corrected chi connectivity index (χ1v) is 7.91. The van der Waals surface area contributed by atoms with Crippen molar-refractivity contribution in [1.29, 1.82) is 0 Å². The quantitative estimate of drug-likeness (QED) is 0.937. The number of nitrogens with one attached hydrogen (secondary N) is 1. The molecule has 1 heterocycles. The zero-order valence-corrected chi connectivity index (χ0v) is 12.0. The fourth-order valence-corrected chi connectivity index (χ4v) is 2.39. The van der Waals surface area contributed by atoms with E-state index in [2.05, 4.69) is 5.32 Å². The number of amides is 1. The molecule has 1 amide bonds. The highest BCUT2D eigenvalue weighted by atomic mass is 32.2. The van der Waals surface area contributed by atoms with E-state index in [1.165, 1.54) is 18.4 Å². The number of sulfone groups is 1. The summed E-state index contributed by atoms with van der Waals surface area (Å²) in [4.78, 5) is 12.1. The fourth-order valence-electron chi connectivity index (χ4n) is 1.76. The molecule has 0 fully saturated rings. The van der Waals surface area contributed by atoms with Crippen LogP contribution >= 0.6 is 0 Å². The normalized spacial score (nSPS) is 12.9. The number of hydrogen-bond donors (Lipinski definition) is 1. The summed E-state index contributed by atoms with van der Waals surface area (Å²) in [6.45, 7) is 1.82. The van der Waals surface area contributed by atoms with Crippen molar-refractivity contribution in [3.63, 3.8) is 0 Å². The Hall–Kier alpha value is -2.08. The minimum Gasteiger partial charge on any atom is -0.459 e. The van der Waals surface area contributed by atoms with E-state index in [0.717, 1.165) is 11.8 Å². The molecule has 1 aromatic carbocycles. The first-order valence-electron chi connectivity index (χ1n) is 6.02. The predicted octanol–water partition coefficient (Wildman–Crippen LogP) is 2.17. The summed E-state index contributed by atoms with van der Waals surface area (Å²) in [5, 5.41) is 2.77. The van der Waals surface area contributed by atoms with Crippen LogP contribution in [0.5, 0.6) is 0 Å². The van der Waals surface area contributed by atoms with Gasteiger partial charge in [-0.15, -0.1) is 0 Å². The van der Waals surface area contributed by atoms with Crippen molar-refractivity contribution >= 4 is 15.7 Å². The van der Waals surface area contributed by atoms with Gasteiger partial charge in [0.2, 0.25) is 0 Å². The Bertz CT molecular complexity index is 687. The van der Waals surface area contributed by atoms with Crippen molar-refractivity contribution in [2.75, 3.05) is 6.26 Å². The zero-order chi connectivity index (χ0) is 14.8. The SMILES string of the molecule is C[C@@H](NC(=O)c1ccco1)c1ccc(S(C)(=O)=O)cc1. The lowest BCUT2D eigenvalue weighted by atomic mass is 10.1. The van der Waals surface area contributed by atoms with Gasteiger partial charge in [0.1, 0.15) is 0 Å². The minimum absolute atomic E-state index is 0.240. The molecular weight excluding hydrogens is 278 g/mol. The average Bonchev–Trinajstić information content (AvgIpc) is 2.91. The van der Waals surface area contributed by atoms with E-state index in [1.54, 1.807) is 24.3 Å². The van der Waals surface area contributed by atoms with E-state index in [9.17, 15) is 13.2 Å². The van der Waals surface area contributed by atoms with Gasteiger partial charge in [-0.2, -0.15) is 0 Å². The summed E-state index contributed by atoms with van der Waals surface area (Å²) < 4.78 is 27.7. The van der Waals surface area contributed by atoms with Gasteiger partial charge in [0, 0.05) is 6.26 Å². The number of carbonyl (C=O) groups is 1. The monoisotopic (exact) mass is 293 g/mol. The third-order valence-electron chi connectivity index (χ3n) is 2.90. The third-order valence-corrected chi connectivity index (χ3v) is 4.03. The van der Waals surface area contributed by atoms with E-state index < -0.39 is 9.84 Å². The molecule has 0 saturated heterocycles. The van der Waals surface area contributed by atoms with Gasteiger partial charge < -0.3 is 9.73 Å². The molecule has 0 aliphatic carbocycles. The molecule has 20 heavy (non-hydrogen) atoms. The molecule has 1 atom stereocenters. The van der Waals surface area contributed by atoms with Crippen LogP contribution in [0.3, 0.4) is 0 Å². The fraction of sp³-hybridized carbons (Fsp3) is 0.214. The first-order chi connectivity index (χ1) is 9.38. The highest BCUT2D eigenvalue weighted by Crippen LogP contribution is 2.16. The molecule has 0 unspecified atom stereocenters. The van der Waals surface area contributed by atoms with Crippen LogP contribution in [0.4, 0.5) is 0 Å². The summed E-state index contributed by atoms with van der Waals surface area (Å²) in [6.07, 6.45) is 2.59. The first kappa shape index (κ1) is 14.3. The van der Waals surface area contributed by atoms with Crippen LogP contribution in [0.2, 0.25) is 0 Å². The average molecular weight is 293 g/mol. The van der Waals surface area contributed by atoms with E-state index in [4.69, 9.17) is 4.42 Å². The van der Waals surface area contributed by atoms with Crippen LogP contribution in [-0.2, 0) is 9.84 Å². The summed E-state index contributed by atoms with van der Waals surface area (Å²) in [5.41, 5.74) is 0.817. The number of furan rings is 1. The van der Waals surface area contributed by atoms with E-state index in [1.807, 2.05) is 6.92 Å². The van der Waals surface area contributed by atoms with Crippen molar-refractivity contribution in [2.24, 2.45) is 0 Å². The zero-order valence-electron chi connectivity index (χ0n) is 11.2. The van der Waals surface area contributed by atoms with Crippen molar-refractivity contribution in [3.8, 4) is 0 Å². The smallest absolute Gasteiger partial charge is 0.287 e. The lowest BCUT2D eigenvalue weighted by Gasteiger charge is -2.13. The van der Waals surface area contributed by atoms with Gasteiger partial charge in [0.05, 0.1) is 17.2 Å². The van der Waals surface area contributed by atoms with Crippen LogP contribution in [0.25, 0.3) is 0 Å². The lowest BCUT2D eigenvalue weighted by molar-refractivity contribution is 0.0912. The molecule has 0 radical (unpaired) electrons. The molecule has 106 valence electrons. The van der Waals surface area contributed by atoms with Crippen LogP contribution in [0.15, 0.2) is 52.0 Å². The molecule has 2 aromatic rings. The number of benzene rings is 1. The van der Waals surface area contributed by atoms with Crippen LogP contribution < -0.4 is 5.32 Å². The summed E-state index contributed by atoms with van der Waals surface area (Å²) in [7, 11) is -3.21. The molecule has 0 saturated carbocycles. The van der Waals surface area contributed by atoms with Gasteiger partial charge >= 0.3 is 0 Å². The standard InChI is InChI=1S/C14H15NO4S/c1-10(15-14(16)13-4-3-9-19-13)11-5-7-12(8-6-11)20(2,17)18/h3-10H,1-2H3,(H,15,16)/t10-/m1/s1. The molecule has 6 heteroatoms. The molecule has 2 rings (SSSR count). The van der Waals surface area contributed by atoms with Gasteiger partial charge in [-0.05, 0) is 36.8 Å². The van der Waals surface area contributed by atoms with E-state index >= 15 is 0 Å². The molecular formula is C14H15NO4S. The number of carbonyl (C=O) groups excluding carboxylic acids is 1. The lowest BCUT2D eigenvalue weighted by Crippen LogP contribution is -2.26. The molecule has 0 spiro atoms. The maximum absolute atomic E-state index is 11.8. The Balaban J connectivity index is 2.10. The Labute approximate surface area is 117 Å². The minimum atomic E-state index is -3.21. The molecule has 1 aromatic heterocycles. The second-order valence-corrected chi connectivity index (χ2v) is 6.53. The van der Waals surface area contributed by atoms with E-state index in [0.29, 0.717) is 0 Å². The van der Waals surface area contributed by atoms with Crippen LogP contribution in [0, 0.1) is 0 Å². The number of rotatable bonds is 4. The summed E-state index contributed by atoms with van der Waals surface area (Å²) in [6, 6.07) is 9.39. The van der Waals surface area contributed by atoms with Crippen LogP contribution in [-0.4, -0.2) is 20.6 Å². The molecule has 5 nitrogen and oxygen atoms in total. The highest BCUT2D eigenvalue weighted by molar-refractivity contribution is 7.90. The van der Waals surface area contributed by atoms with Gasteiger partial charge in [-0.3, -0.25) is 4.79 Å². The Morgan fingerprint density at radius 1 is 1.20 bits per heavy atom. The van der Waals surface area contributed by atoms with Gasteiger partial charge in [-0.1, -0.05) is 12.1 Å². The third kappa shape index (κ3) is 3.27. The van der Waals surface area contributed by atoms with Crippen molar-refractivity contribution in [2.45, 2.75) is 17.9 Å². The molecule has 0 aliphatic rings. The van der Waals surface area contributed by atoms with E-state index in [-0.39, 0.29) is 22.6 Å². The van der Waals surface area contributed by atoms with Crippen molar-refractivity contribution in [3.05, 3.63) is 54.0 Å². The topological polar surface area (TPSA) is 76.4 Å². The number of hydrogen-bond acceptors (Lipinski definition) is 4. The second kappa shape index (κ2) is 5.50. The van der Waals surface area contributed by atoms with Crippen molar-refractivity contribution in [1.82, 2.24) is 5.32 Å². The second-order valence-electron chi connectivity index (χ2n) is 4.51. The van der Waals surface area contributed by atoms with Gasteiger partial charge in [0.15, 0.2) is 15.6 Å². The Kier molecular flexibility index (Phi) is 3.94. The van der Waals surface area contributed by atoms with Crippen LogP contribution in [0.1, 0.15) is 29.1 Å². The maximum atomic E-state index is 11.8. The predicted molar refractivity (Wildman–Crippen MR) is 74.1 cm³/mol.